The number of nitrogen functional groups attached to an aromatic ring is 1. The number of ether oxygens (including phenoxy) is 1. The van der Waals surface area contributed by atoms with Crippen LogP contribution in [-0.4, -0.2) is 22.4 Å². The summed E-state index contributed by atoms with van der Waals surface area (Å²) in [5.41, 5.74) is 7.07. The summed E-state index contributed by atoms with van der Waals surface area (Å²) < 4.78 is 6.50. The maximum Gasteiger partial charge on any atom is 0.361 e. The summed E-state index contributed by atoms with van der Waals surface area (Å²) >= 11 is 0. The standard InChI is InChI=1S/C9H15N3O2/c1-4-5-14-9(13)8-7(10)6(2)12(3)11-8/h4-5,10H2,1-3H3. The molecule has 0 fully saturated rings. The summed E-state index contributed by atoms with van der Waals surface area (Å²) in [5.74, 6) is -0.451. The Morgan fingerprint density at radius 3 is 2.71 bits per heavy atom. The van der Waals surface area contributed by atoms with Crippen molar-refractivity contribution in [3.63, 3.8) is 0 Å². The molecule has 0 amide bonds. The highest BCUT2D eigenvalue weighted by Crippen LogP contribution is 2.15. The minimum Gasteiger partial charge on any atom is -0.461 e. The molecule has 0 aromatic carbocycles. The zero-order valence-electron chi connectivity index (χ0n) is 8.70. The SMILES string of the molecule is CCCOC(=O)c1nn(C)c(C)c1N. The Balaban J connectivity index is 2.85. The van der Waals surface area contributed by atoms with Crippen LogP contribution in [0.3, 0.4) is 0 Å². The minimum absolute atomic E-state index is 0.207. The molecular formula is C9H15N3O2. The van der Waals surface area contributed by atoms with Crippen LogP contribution in [0, 0.1) is 6.92 Å². The van der Waals surface area contributed by atoms with Crippen molar-refractivity contribution in [1.29, 1.82) is 0 Å². The molecule has 0 bridgehead atoms. The van der Waals surface area contributed by atoms with Gasteiger partial charge in [-0.05, 0) is 13.3 Å². The van der Waals surface area contributed by atoms with Crippen LogP contribution in [0.2, 0.25) is 0 Å². The summed E-state index contributed by atoms with van der Waals surface area (Å²) in [4.78, 5) is 11.4. The number of aryl methyl sites for hydroxylation is 1. The van der Waals surface area contributed by atoms with Gasteiger partial charge in [0.2, 0.25) is 0 Å². The van der Waals surface area contributed by atoms with E-state index in [0.717, 1.165) is 12.1 Å². The molecule has 0 aliphatic heterocycles. The molecule has 0 aliphatic carbocycles. The van der Waals surface area contributed by atoms with E-state index in [2.05, 4.69) is 5.10 Å². The Kier molecular flexibility index (Phi) is 3.11. The van der Waals surface area contributed by atoms with Crippen molar-refractivity contribution in [3.8, 4) is 0 Å². The summed E-state index contributed by atoms with van der Waals surface area (Å²) in [7, 11) is 1.74. The zero-order valence-corrected chi connectivity index (χ0v) is 8.70. The molecule has 1 rings (SSSR count). The van der Waals surface area contributed by atoms with Gasteiger partial charge in [-0.3, -0.25) is 4.68 Å². The van der Waals surface area contributed by atoms with Crippen LogP contribution >= 0.6 is 0 Å². The second-order valence-electron chi connectivity index (χ2n) is 3.11. The molecule has 78 valence electrons. The monoisotopic (exact) mass is 197 g/mol. The van der Waals surface area contributed by atoms with Gasteiger partial charge in [0, 0.05) is 7.05 Å². The van der Waals surface area contributed by atoms with Gasteiger partial charge in [0.25, 0.3) is 0 Å². The first kappa shape index (κ1) is 10.6. The van der Waals surface area contributed by atoms with E-state index < -0.39 is 5.97 Å². The largest absolute Gasteiger partial charge is 0.461 e. The molecule has 0 saturated heterocycles. The number of hydrogen-bond acceptors (Lipinski definition) is 4. The van der Waals surface area contributed by atoms with Gasteiger partial charge in [0.05, 0.1) is 18.0 Å². The molecular weight excluding hydrogens is 182 g/mol. The van der Waals surface area contributed by atoms with Gasteiger partial charge in [-0.25, -0.2) is 4.79 Å². The quantitative estimate of drug-likeness (QED) is 0.730. The van der Waals surface area contributed by atoms with Gasteiger partial charge >= 0.3 is 5.97 Å². The molecule has 1 aromatic heterocycles. The van der Waals surface area contributed by atoms with E-state index in [1.54, 1.807) is 18.7 Å². The molecule has 1 aromatic rings. The lowest BCUT2D eigenvalue weighted by Crippen LogP contribution is -2.09. The maximum absolute atomic E-state index is 11.4. The smallest absolute Gasteiger partial charge is 0.361 e. The fourth-order valence-corrected chi connectivity index (χ4v) is 1.04. The number of anilines is 1. The first-order valence-corrected chi connectivity index (χ1v) is 4.54. The molecule has 14 heavy (non-hydrogen) atoms. The normalized spacial score (nSPS) is 10.2. The molecule has 0 unspecified atom stereocenters. The van der Waals surface area contributed by atoms with Crippen LogP contribution in [0.25, 0.3) is 0 Å². The van der Waals surface area contributed by atoms with Gasteiger partial charge in [-0.1, -0.05) is 6.92 Å². The first-order chi connectivity index (χ1) is 6.57. The topological polar surface area (TPSA) is 70.1 Å². The summed E-state index contributed by atoms with van der Waals surface area (Å²) in [6, 6.07) is 0. The minimum atomic E-state index is -0.451. The van der Waals surface area contributed by atoms with Crippen LogP contribution in [0.1, 0.15) is 29.5 Å². The third-order valence-corrected chi connectivity index (χ3v) is 2.01. The van der Waals surface area contributed by atoms with Gasteiger partial charge in [-0.15, -0.1) is 0 Å². The van der Waals surface area contributed by atoms with Gasteiger partial charge in [0.1, 0.15) is 0 Å². The van der Waals surface area contributed by atoms with E-state index in [1.165, 1.54) is 0 Å². The molecule has 0 atom stereocenters. The maximum atomic E-state index is 11.4. The second kappa shape index (κ2) is 4.13. The Bertz CT molecular complexity index is 344. The lowest BCUT2D eigenvalue weighted by molar-refractivity contribution is 0.0498. The van der Waals surface area contributed by atoms with E-state index in [4.69, 9.17) is 10.5 Å². The lowest BCUT2D eigenvalue weighted by atomic mass is 10.3. The second-order valence-corrected chi connectivity index (χ2v) is 3.11. The molecule has 5 heteroatoms. The summed E-state index contributed by atoms with van der Waals surface area (Å²) in [5, 5.41) is 3.98. The summed E-state index contributed by atoms with van der Waals surface area (Å²) in [6.45, 7) is 4.13. The molecule has 5 nitrogen and oxygen atoms in total. The van der Waals surface area contributed by atoms with E-state index in [-0.39, 0.29) is 5.69 Å². The fraction of sp³-hybridized carbons (Fsp3) is 0.556. The van der Waals surface area contributed by atoms with Crippen molar-refractivity contribution in [2.45, 2.75) is 20.3 Å². The van der Waals surface area contributed by atoms with Gasteiger partial charge < -0.3 is 10.5 Å². The van der Waals surface area contributed by atoms with Crippen LogP contribution < -0.4 is 5.73 Å². The van der Waals surface area contributed by atoms with Crippen molar-refractivity contribution in [2.75, 3.05) is 12.3 Å². The van der Waals surface area contributed by atoms with Crippen molar-refractivity contribution in [2.24, 2.45) is 7.05 Å². The van der Waals surface area contributed by atoms with Crippen molar-refractivity contribution in [3.05, 3.63) is 11.4 Å². The molecule has 0 aliphatic rings. The Labute approximate surface area is 82.8 Å². The third kappa shape index (κ3) is 1.86. The van der Waals surface area contributed by atoms with E-state index in [1.807, 2.05) is 6.92 Å². The molecule has 0 saturated carbocycles. The van der Waals surface area contributed by atoms with Gasteiger partial charge in [0.15, 0.2) is 5.69 Å². The molecule has 0 radical (unpaired) electrons. The predicted molar refractivity (Wildman–Crippen MR) is 52.9 cm³/mol. The van der Waals surface area contributed by atoms with Crippen LogP contribution in [0.5, 0.6) is 0 Å². The van der Waals surface area contributed by atoms with Crippen molar-refractivity contribution >= 4 is 11.7 Å². The zero-order chi connectivity index (χ0) is 10.7. The molecule has 1 heterocycles. The Morgan fingerprint density at radius 2 is 2.29 bits per heavy atom. The Hall–Kier alpha value is -1.52. The average molecular weight is 197 g/mol. The Morgan fingerprint density at radius 1 is 1.64 bits per heavy atom. The number of esters is 1. The number of aromatic nitrogens is 2. The van der Waals surface area contributed by atoms with Gasteiger partial charge in [-0.2, -0.15) is 5.10 Å². The number of nitrogens with zero attached hydrogens (tertiary/aromatic N) is 2. The number of carbonyl (C=O) groups excluding carboxylic acids is 1. The molecule has 0 spiro atoms. The predicted octanol–water partition coefficient (Wildman–Crippen LogP) is 0.878. The highest BCUT2D eigenvalue weighted by Gasteiger charge is 2.18. The third-order valence-electron chi connectivity index (χ3n) is 2.01. The number of carbonyl (C=O) groups is 1. The van der Waals surface area contributed by atoms with Crippen LogP contribution in [0.4, 0.5) is 5.69 Å². The van der Waals surface area contributed by atoms with Crippen LogP contribution in [-0.2, 0) is 11.8 Å². The number of hydrogen-bond donors (Lipinski definition) is 1. The van der Waals surface area contributed by atoms with E-state index >= 15 is 0 Å². The van der Waals surface area contributed by atoms with Crippen molar-refractivity contribution < 1.29 is 9.53 Å². The van der Waals surface area contributed by atoms with E-state index in [9.17, 15) is 4.79 Å². The lowest BCUT2D eigenvalue weighted by Gasteiger charge is -1.99. The number of rotatable bonds is 3. The van der Waals surface area contributed by atoms with Crippen LogP contribution in [0.15, 0.2) is 0 Å². The average Bonchev–Trinajstić information content (AvgIpc) is 2.42. The first-order valence-electron chi connectivity index (χ1n) is 4.54. The number of nitrogens with two attached hydrogens (primary N) is 1. The highest BCUT2D eigenvalue weighted by molar-refractivity contribution is 5.93. The fourth-order valence-electron chi connectivity index (χ4n) is 1.04. The van der Waals surface area contributed by atoms with E-state index in [0.29, 0.717) is 12.3 Å². The summed E-state index contributed by atoms with van der Waals surface area (Å²) in [6.07, 6.45) is 0.789. The molecule has 2 N–H and O–H groups in total. The highest BCUT2D eigenvalue weighted by atomic mass is 16.5. The van der Waals surface area contributed by atoms with Crippen molar-refractivity contribution in [1.82, 2.24) is 9.78 Å².